The number of carboxylic acid groups (broad SMARTS) is 1. The van der Waals surface area contributed by atoms with E-state index in [1.54, 1.807) is 32.0 Å². The Balaban J connectivity index is 1.36. The molecule has 1 aliphatic rings. The molecule has 1 unspecified atom stereocenters. The quantitative estimate of drug-likeness (QED) is 0.329. The molecule has 1 atom stereocenters. The lowest BCUT2D eigenvalue weighted by Crippen LogP contribution is -2.63. The molecule has 1 fully saturated rings. The zero-order valence-corrected chi connectivity index (χ0v) is 23.1. The molecule has 1 heterocycles. The van der Waals surface area contributed by atoms with Crippen molar-refractivity contribution in [3.63, 3.8) is 0 Å². The molecule has 204 valence electrons. The van der Waals surface area contributed by atoms with Gasteiger partial charge in [0, 0.05) is 9.79 Å². The predicted molar refractivity (Wildman–Crippen MR) is 147 cm³/mol. The SMILES string of the molecule is CC1(C)OCC(C)(C(=O)NNC(=O)c2ccc(Sc3cccc(OCc4ccccc4)c3)cc2Cl)N1C(=O)O. The molecule has 0 saturated carbocycles. The largest absolute Gasteiger partial charge is 0.489 e. The topological polar surface area (TPSA) is 117 Å². The highest BCUT2D eigenvalue weighted by Gasteiger charge is 2.56. The van der Waals surface area contributed by atoms with Crippen molar-refractivity contribution in [2.24, 2.45) is 0 Å². The van der Waals surface area contributed by atoms with Crippen LogP contribution in [0.25, 0.3) is 0 Å². The third kappa shape index (κ3) is 6.47. The van der Waals surface area contributed by atoms with Crippen molar-refractivity contribution >= 4 is 41.3 Å². The third-order valence-corrected chi connectivity index (χ3v) is 7.48. The van der Waals surface area contributed by atoms with Gasteiger partial charge < -0.3 is 14.6 Å². The summed E-state index contributed by atoms with van der Waals surface area (Å²) < 4.78 is 11.4. The molecular weight excluding hydrogens is 542 g/mol. The Morgan fingerprint density at radius 1 is 1.00 bits per heavy atom. The van der Waals surface area contributed by atoms with Gasteiger partial charge in [-0.2, -0.15) is 0 Å². The minimum absolute atomic E-state index is 0.143. The van der Waals surface area contributed by atoms with Gasteiger partial charge in [-0.15, -0.1) is 0 Å². The van der Waals surface area contributed by atoms with E-state index < -0.39 is 29.2 Å². The molecule has 1 saturated heterocycles. The van der Waals surface area contributed by atoms with Gasteiger partial charge >= 0.3 is 6.09 Å². The van der Waals surface area contributed by atoms with Gasteiger partial charge in [-0.25, -0.2) is 4.79 Å². The van der Waals surface area contributed by atoms with Crippen LogP contribution in [-0.4, -0.2) is 45.8 Å². The standard InChI is InChI=1S/C28H28ClN3O6S/c1-27(2)32(26(35)36)28(3,17-38-27)25(34)31-30-24(33)22-13-12-21(15-23(22)29)39-20-11-7-10-19(14-20)37-16-18-8-5-4-6-9-18/h4-15H,16-17H2,1-3H3,(H,30,33)(H,31,34)(H,35,36). The van der Waals surface area contributed by atoms with Crippen LogP contribution in [0.3, 0.4) is 0 Å². The molecule has 1 aliphatic heterocycles. The number of carbonyl (C=O) groups excluding carboxylic acids is 2. The van der Waals surface area contributed by atoms with Crippen LogP contribution in [0.1, 0.15) is 36.7 Å². The molecule has 3 aromatic rings. The van der Waals surface area contributed by atoms with Crippen LogP contribution in [0.5, 0.6) is 5.75 Å². The third-order valence-electron chi connectivity index (χ3n) is 6.18. The molecule has 0 radical (unpaired) electrons. The zero-order chi connectivity index (χ0) is 28.2. The number of benzene rings is 3. The number of halogens is 1. The summed E-state index contributed by atoms with van der Waals surface area (Å²) in [6.45, 7) is 4.81. The van der Waals surface area contributed by atoms with Gasteiger partial charge in [0.15, 0.2) is 0 Å². The second-order valence-electron chi connectivity index (χ2n) is 9.53. The number of rotatable bonds is 7. The molecule has 3 N–H and O–H groups in total. The molecule has 4 rings (SSSR count). The van der Waals surface area contributed by atoms with Crippen molar-refractivity contribution in [1.29, 1.82) is 0 Å². The first-order valence-corrected chi connectivity index (χ1v) is 13.2. The van der Waals surface area contributed by atoms with Crippen molar-refractivity contribution in [2.45, 2.75) is 48.4 Å². The highest BCUT2D eigenvalue weighted by molar-refractivity contribution is 7.99. The molecule has 39 heavy (non-hydrogen) atoms. The van der Waals surface area contributed by atoms with Crippen molar-refractivity contribution in [3.05, 3.63) is 88.9 Å². The molecule has 0 aromatic heterocycles. The van der Waals surface area contributed by atoms with Gasteiger partial charge in [0.2, 0.25) is 0 Å². The van der Waals surface area contributed by atoms with E-state index in [0.717, 1.165) is 26.0 Å². The van der Waals surface area contributed by atoms with E-state index >= 15 is 0 Å². The van der Waals surface area contributed by atoms with Crippen molar-refractivity contribution < 1.29 is 29.0 Å². The Labute approximate surface area is 235 Å². The average Bonchev–Trinajstić information content (AvgIpc) is 3.16. The maximum absolute atomic E-state index is 12.8. The Hall–Kier alpha value is -3.73. The minimum Gasteiger partial charge on any atom is -0.489 e. The van der Waals surface area contributed by atoms with Crippen molar-refractivity contribution in [1.82, 2.24) is 15.8 Å². The fourth-order valence-electron chi connectivity index (χ4n) is 4.21. The Bertz CT molecular complexity index is 1390. The first kappa shape index (κ1) is 28.3. The lowest BCUT2D eigenvalue weighted by molar-refractivity contribution is -0.132. The second-order valence-corrected chi connectivity index (χ2v) is 11.1. The monoisotopic (exact) mass is 569 g/mol. The summed E-state index contributed by atoms with van der Waals surface area (Å²) >= 11 is 7.85. The average molecular weight is 570 g/mol. The van der Waals surface area contributed by atoms with Crippen molar-refractivity contribution in [2.75, 3.05) is 6.61 Å². The molecule has 11 heteroatoms. The van der Waals surface area contributed by atoms with Crippen LogP contribution in [0, 0.1) is 0 Å². The number of hydrogen-bond donors (Lipinski definition) is 3. The fourth-order valence-corrected chi connectivity index (χ4v) is 5.45. The molecular formula is C28H28ClN3O6S. The van der Waals surface area contributed by atoms with Gasteiger partial charge in [0.25, 0.3) is 11.8 Å². The summed E-state index contributed by atoms with van der Waals surface area (Å²) in [4.78, 5) is 40.0. The summed E-state index contributed by atoms with van der Waals surface area (Å²) in [5.41, 5.74) is 3.08. The fraction of sp³-hybridized carbons (Fsp3) is 0.250. The number of hydrogen-bond acceptors (Lipinski definition) is 6. The first-order chi connectivity index (χ1) is 18.5. The maximum atomic E-state index is 12.8. The lowest BCUT2D eigenvalue weighted by Gasteiger charge is -2.36. The Morgan fingerprint density at radius 2 is 1.72 bits per heavy atom. The number of hydrazine groups is 1. The maximum Gasteiger partial charge on any atom is 0.410 e. The van der Waals surface area contributed by atoms with Gasteiger partial charge in [-0.05, 0) is 62.7 Å². The van der Waals surface area contributed by atoms with E-state index in [-0.39, 0.29) is 17.2 Å². The number of nitrogens with zero attached hydrogens (tertiary/aromatic N) is 1. The van der Waals surface area contributed by atoms with E-state index in [1.165, 1.54) is 18.7 Å². The van der Waals surface area contributed by atoms with E-state index in [2.05, 4.69) is 10.9 Å². The molecule has 3 aromatic carbocycles. The Kier molecular flexibility index (Phi) is 8.39. The predicted octanol–water partition coefficient (Wildman–Crippen LogP) is 5.34. The summed E-state index contributed by atoms with van der Waals surface area (Å²) in [6.07, 6.45) is -1.31. The van der Waals surface area contributed by atoms with Crippen LogP contribution >= 0.6 is 23.4 Å². The Morgan fingerprint density at radius 3 is 2.41 bits per heavy atom. The summed E-state index contributed by atoms with van der Waals surface area (Å²) in [7, 11) is 0. The van der Waals surface area contributed by atoms with Gasteiger partial charge in [0.1, 0.15) is 23.6 Å². The summed E-state index contributed by atoms with van der Waals surface area (Å²) in [6, 6.07) is 22.5. The highest BCUT2D eigenvalue weighted by Crippen LogP contribution is 2.35. The van der Waals surface area contributed by atoms with E-state index in [1.807, 2.05) is 54.6 Å². The molecule has 0 spiro atoms. The van der Waals surface area contributed by atoms with Crippen LogP contribution in [0.15, 0.2) is 82.6 Å². The van der Waals surface area contributed by atoms with Crippen LogP contribution in [0.2, 0.25) is 5.02 Å². The van der Waals surface area contributed by atoms with E-state index in [9.17, 15) is 19.5 Å². The van der Waals surface area contributed by atoms with Crippen molar-refractivity contribution in [3.8, 4) is 5.75 Å². The minimum atomic E-state index is -1.54. The first-order valence-electron chi connectivity index (χ1n) is 12.0. The smallest absolute Gasteiger partial charge is 0.410 e. The molecule has 0 bridgehead atoms. The number of amides is 3. The van der Waals surface area contributed by atoms with Crippen LogP contribution in [-0.2, 0) is 16.1 Å². The number of nitrogens with one attached hydrogen (secondary N) is 2. The lowest BCUT2D eigenvalue weighted by atomic mass is 10.0. The molecule has 3 amide bonds. The normalized spacial score (nSPS) is 17.9. The summed E-state index contributed by atoms with van der Waals surface area (Å²) in [5, 5.41) is 9.79. The molecule has 9 nitrogen and oxygen atoms in total. The number of carbonyl (C=O) groups is 3. The van der Waals surface area contributed by atoms with Gasteiger partial charge in [-0.3, -0.25) is 25.3 Å². The number of ether oxygens (including phenoxy) is 2. The van der Waals surface area contributed by atoms with E-state index in [0.29, 0.717) is 6.61 Å². The van der Waals surface area contributed by atoms with Gasteiger partial charge in [0.05, 0.1) is 17.2 Å². The second kappa shape index (κ2) is 11.6. The summed E-state index contributed by atoms with van der Waals surface area (Å²) in [5.74, 6) is -0.653. The van der Waals surface area contributed by atoms with Crippen LogP contribution < -0.4 is 15.6 Å². The highest BCUT2D eigenvalue weighted by atomic mass is 35.5. The van der Waals surface area contributed by atoms with E-state index in [4.69, 9.17) is 21.1 Å². The zero-order valence-electron chi connectivity index (χ0n) is 21.6. The van der Waals surface area contributed by atoms with Gasteiger partial charge in [-0.1, -0.05) is 59.8 Å². The molecule has 0 aliphatic carbocycles. The van der Waals surface area contributed by atoms with Crippen LogP contribution in [0.4, 0.5) is 4.79 Å².